The van der Waals surface area contributed by atoms with E-state index in [1.54, 1.807) is 0 Å². The molecule has 0 bridgehead atoms. The second kappa shape index (κ2) is 5.82. The van der Waals surface area contributed by atoms with Gasteiger partial charge in [0.15, 0.2) is 0 Å². The fourth-order valence-electron chi connectivity index (χ4n) is 1.78. The first-order valence-electron chi connectivity index (χ1n) is 5.14. The molecule has 1 rings (SSSR count). The minimum absolute atomic E-state index is 0.935. The standard InChI is InChI=1S/C11H20BrN/c1-10(2)4-7-13-8-5-11(9-13)3-6-12/h4,11H,3,5-9H2,1-2H3. The van der Waals surface area contributed by atoms with E-state index in [0.29, 0.717) is 0 Å². The Hall–Kier alpha value is 0.180. The molecule has 0 saturated carbocycles. The molecule has 0 aromatic heterocycles. The van der Waals surface area contributed by atoms with Gasteiger partial charge in [-0.25, -0.2) is 0 Å². The van der Waals surface area contributed by atoms with E-state index in [1.165, 1.54) is 31.5 Å². The van der Waals surface area contributed by atoms with E-state index in [2.05, 4.69) is 40.8 Å². The second-order valence-corrected chi connectivity index (χ2v) is 4.97. The molecule has 0 amide bonds. The summed E-state index contributed by atoms with van der Waals surface area (Å²) in [6.45, 7) is 8.09. The lowest BCUT2D eigenvalue weighted by Crippen LogP contribution is -2.20. The molecule has 13 heavy (non-hydrogen) atoms. The molecule has 1 saturated heterocycles. The van der Waals surface area contributed by atoms with Crippen molar-refractivity contribution in [2.75, 3.05) is 25.0 Å². The van der Waals surface area contributed by atoms with Gasteiger partial charge >= 0.3 is 0 Å². The summed E-state index contributed by atoms with van der Waals surface area (Å²) in [5, 5.41) is 1.16. The number of nitrogens with zero attached hydrogens (tertiary/aromatic N) is 1. The van der Waals surface area contributed by atoms with Gasteiger partial charge in [0.1, 0.15) is 0 Å². The van der Waals surface area contributed by atoms with Gasteiger partial charge in [0.2, 0.25) is 0 Å². The van der Waals surface area contributed by atoms with Crippen LogP contribution in [0.5, 0.6) is 0 Å². The van der Waals surface area contributed by atoms with Crippen molar-refractivity contribution in [3.63, 3.8) is 0 Å². The van der Waals surface area contributed by atoms with Crippen LogP contribution in [-0.4, -0.2) is 29.9 Å². The smallest absolute Gasteiger partial charge is 0.0165 e. The summed E-state index contributed by atoms with van der Waals surface area (Å²) >= 11 is 3.51. The normalized spacial score (nSPS) is 23.5. The topological polar surface area (TPSA) is 3.24 Å². The lowest BCUT2D eigenvalue weighted by Gasteiger charge is -2.13. The largest absolute Gasteiger partial charge is 0.299 e. The van der Waals surface area contributed by atoms with Crippen molar-refractivity contribution in [3.8, 4) is 0 Å². The second-order valence-electron chi connectivity index (χ2n) is 4.17. The predicted molar refractivity (Wildman–Crippen MR) is 62.4 cm³/mol. The molecule has 0 aromatic rings. The van der Waals surface area contributed by atoms with E-state index in [9.17, 15) is 0 Å². The zero-order chi connectivity index (χ0) is 9.68. The molecule has 1 nitrogen and oxygen atoms in total. The molecule has 1 fully saturated rings. The maximum absolute atomic E-state index is 3.51. The maximum atomic E-state index is 3.51. The molecule has 1 aliphatic heterocycles. The van der Waals surface area contributed by atoms with Gasteiger partial charge in [-0.1, -0.05) is 27.6 Å². The first-order chi connectivity index (χ1) is 6.22. The Morgan fingerprint density at radius 1 is 1.54 bits per heavy atom. The summed E-state index contributed by atoms with van der Waals surface area (Å²) in [7, 11) is 0. The Morgan fingerprint density at radius 3 is 2.92 bits per heavy atom. The van der Waals surface area contributed by atoms with Gasteiger partial charge in [-0.15, -0.1) is 0 Å². The lowest BCUT2D eigenvalue weighted by atomic mass is 10.1. The average molecular weight is 246 g/mol. The molecule has 1 aliphatic rings. The number of allylic oxidation sites excluding steroid dienone is 1. The molecular weight excluding hydrogens is 226 g/mol. The number of likely N-dealkylation sites (tertiary alicyclic amines) is 1. The van der Waals surface area contributed by atoms with Crippen LogP contribution in [0.15, 0.2) is 11.6 Å². The van der Waals surface area contributed by atoms with E-state index < -0.39 is 0 Å². The highest BCUT2D eigenvalue weighted by atomic mass is 79.9. The fourth-order valence-corrected chi connectivity index (χ4v) is 2.43. The van der Waals surface area contributed by atoms with Crippen LogP contribution in [0.2, 0.25) is 0 Å². The van der Waals surface area contributed by atoms with Crippen molar-refractivity contribution in [2.45, 2.75) is 26.7 Å². The Balaban J connectivity index is 2.21. The van der Waals surface area contributed by atoms with Gasteiger partial charge in [-0.05, 0) is 39.2 Å². The van der Waals surface area contributed by atoms with Crippen molar-refractivity contribution >= 4 is 15.9 Å². The van der Waals surface area contributed by atoms with Crippen molar-refractivity contribution in [1.29, 1.82) is 0 Å². The average Bonchev–Trinajstić information content (AvgIpc) is 2.50. The first-order valence-corrected chi connectivity index (χ1v) is 6.26. The summed E-state index contributed by atoms with van der Waals surface area (Å²) in [6.07, 6.45) is 5.06. The summed E-state index contributed by atoms with van der Waals surface area (Å²) in [4.78, 5) is 2.56. The van der Waals surface area contributed by atoms with Crippen LogP contribution in [-0.2, 0) is 0 Å². The Morgan fingerprint density at radius 2 is 2.31 bits per heavy atom. The molecule has 2 heteroatoms. The zero-order valence-corrected chi connectivity index (χ0v) is 10.3. The number of halogens is 1. The van der Waals surface area contributed by atoms with Crippen LogP contribution in [0.25, 0.3) is 0 Å². The van der Waals surface area contributed by atoms with E-state index in [1.807, 2.05) is 0 Å². The summed E-state index contributed by atoms with van der Waals surface area (Å²) in [5.41, 5.74) is 1.43. The van der Waals surface area contributed by atoms with Crippen LogP contribution in [0.4, 0.5) is 0 Å². The third-order valence-electron chi connectivity index (χ3n) is 2.65. The SMILES string of the molecule is CC(C)=CCN1CCC(CCBr)C1. The third-order valence-corrected chi connectivity index (χ3v) is 3.10. The van der Waals surface area contributed by atoms with Crippen LogP contribution < -0.4 is 0 Å². The first kappa shape index (κ1) is 11.3. The molecule has 0 aromatic carbocycles. The molecule has 76 valence electrons. The lowest BCUT2D eigenvalue weighted by molar-refractivity contribution is 0.357. The monoisotopic (exact) mass is 245 g/mol. The molecule has 0 N–H and O–H groups in total. The predicted octanol–water partition coefficient (Wildman–Crippen LogP) is 3.06. The van der Waals surface area contributed by atoms with Crippen molar-refractivity contribution in [1.82, 2.24) is 4.90 Å². The van der Waals surface area contributed by atoms with Gasteiger partial charge in [-0.3, -0.25) is 4.90 Å². The van der Waals surface area contributed by atoms with E-state index in [4.69, 9.17) is 0 Å². The van der Waals surface area contributed by atoms with Crippen molar-refractivity contribution in [3.05, 3.63) is 11.6 Å². The van der Waals surface area contributed by atoms with Crippen LogP contribution in [0, 0.1) is 5.92 Å². The molecular formula is C11H20BrN. The quantitative estimate of drug-likeness (QED) is 0.544. The zero-order valence-electron chi connectivity index (χ0n) is 8.72. The van der Waals surface area contributed by atoms with Gasteiger partial charge in [0, 0.05) is 18.4 Å². The highest BCUT2D eigenvalue weighted by Crippen LogP contribution is 2.19. The number of hydrogen-bond donors (Lipinski definition) is 0. The maximum Gasteiger partial charge on any atom is 0.0165 e. The van der Waals surface area contributed by atoms with Crippen molar-refractivity contribution in [2.24, 2.45) is 5.92 Å². The molecule has 0 aliphatic carbocycles. The van der Waals surface area contributed by atoms with Gasteiger partial charge in [0.05, 0.1) is 0 Å². The molecule has 0 radical (unpaired) electrons. The van der Waals surface area contributed by atoms with Crippen molar-refractivity contribution < 1.29 is 0 Å². The Kier molecular flexibility index (Phi) is 5.04. The van der Waals surface area contributed by atoms with Gasteiger partial charge in [0.25, 0.3) is 0 Å². The van der Waals surface area contributed by atoms with E-state index in [-0.39, 0.29) is 0 Å². The summed E-state index contributed by atoms with van der Waals surface area (Å²) in [5.74, 6) is 0.935. The third kappa shape index (κ3) is 4.28. The molecule has 1 unspecified atom stereocenters. The highest BCUT2D eigenvalue weighted by molar-refractivity contribution is 9.09. The number of rotatable bonds is 4. The highest BCUT2D eigenvalue weighted by Gasteiger charge is 2.20. The Labute approximate surface area is 90.3 Å². The van der Waals surface area contributed by atoms with Gasteiger partial charge < -0.3 is 0 Å². The van der Waals surface area contributed by atoms with Crippen LogP contribution in [0.3, 0.4) is 0 Å². The van der Waals surface area contributed by atoms with E-state index in [0.717, 1.165) is 17.8 Å². The molecule has 0 spiro atoms. The minimum Gasteiger partial charge on any atom is -0.299 e. The molecule has 1 atom stereocenters. The molecule has 1 heterocycles. The minimum atomic E-state index is 0.935. The van der Waals surface area contributed by atoms with Crippen LogP contribution >= 0.6 is 15.9 Å². The fraction of sp³-hybridized carbons (Fsp3) is 0.818. The Bertz CT molecular complexity index is 173. The van der Waals surface area contributed by atoms with Gasteiger partial charge in [-0.2, -0.15) is 0 Å². The summed E-state index contributed by atoms with van der Waals surface area (Å²) < 4.78 is 0. The van der Waals surface area contributed by atoms with E-state index >= 15 is 0 Å². The summed E-state index contributed by atoms with van der Waals surface area (Å²) in [6, 6.07) is 0. The van der Waals surface area contributed by atoms with Crippen LogP contribution in [0.1, 0.15) is 26.7 Å². The number of alkyl halides is 1. The number of hydrogen-bond acceptors (Lipinski definition) is 1.